The van der Waals surface area contributed by atoms with Crippen molar-refractivity contribution < 1.29 is 14.5 Å². The minimum Gasteiger partial charge on any atom is -0.349 e. The Morgan fingerprint density at radius 1 is 1.29 bits per heavy atom. The largest absolute Gasteiger partial charge is 0.349 e. The molecule has 1 aliphatic rings. The maximum absolute atomic E-state index is 12.4. The van der Waals surface area contributed by atoms with E-state index in [-0.39, 0.29) is 28.6 Å². The quantitative estimate of drug-likeness (QED) is 0.454. The van der Waals surface area contributed by atoms with Crippen molar-refractivity contribution in [2.75, 3.05) is 13.1 Å². The van der Waals surface area contributed by atoms with Crippen LogP contribution in [0, 0.1) is 10.1 Å². The van der Waals surface area contributed by atoms with E-state index in [0.29, 0.717) is 37.1 Å². The lowest BCUT2D eigenvalue weighted by molar-refractivity contribution is -0.384. The predicted octanol–water partition coefficient (Wildman–Crippen LogP) is 3.74. The van der Waals surface area contributed by atoms with Gasteiger partial charge >= 0.3 is 0 Å². The second kappa shape index (κ2) is 8.99. The van der Waals surface area contributed by atoms with Crippen LogP contribution in [0.3, 0.4) is 0 Å². The molecule has 1 fully saturated rings. The van der Waals surface area contributed by atoms with Crippen LogP contribution in [0.1, 0.15) is 28.8 Å². The molecule has 7 nitrogen and oxygen atoms in total. The van der Waals surface area contributed by atoms with Crippen LogP contribution in [-0.2, 0) is 4.79 Å². The van der Waals surface area contributed by atoms with Crippen LogP contribution >= 0.6 is 22.9 Å². The van der Waals surface area contributed by atoms with E-state index >= 15 is 0 Å². The average molecular weight is 420 g/mol. The predicted molar refractivity (Wildman–Crippen MR) is 109 cm³/mol. The van der Waals surface area contributed by atoms with Crippen LogP contribution in [0.5, 0.6) is 0 Å². The summed E-state index contributed by atoms with van der Waals surface area (Å²) >= 11 is 7.26. The number of benzene rings is 1. The topological polar surface area (TPSA) is 92.6 Å². The van der Waals surface area contributed by atoms with E-state index in [4.69, 9.17) is 11.6 Å². The highest BCUT2D eigenvalue weighted by Crippen LogP contribution is 2.25. The normalized spacial score (nSPS) is 15.0. The lowest BCUT2D eigenvalue weighted by Gasteiger charge is -2.31. The van der Waals surface area contributed by atoms with Crippen LogP contribution in [0.25, 0.3) is 6.08 Å². The smallest absolute Gasteiger partial charge is 0.288 e. The molecular weight excluding hydrogens is 402 g/mol. The summed E-state index contributed by atoms with van der Waals surface area (Å²) in [5.74, 6) is -0.254. The van der Waals surface area contributed by atoms with E-state index in [1.165, 1.54) is 35.6 Å². The molecule has 0 bridgehead atoms. The summed E-state index contributed by atoms with van der Waals surface area (Å²) in [6, 6.07) is 6.21. The average Bonchev–Trinajstić information content (AvgIpc) is 3.22. The zero-order valence-electron chi connectivity index (χ0n) is 14.8. The molecule has 0 aliphatic carbocycles. The van der Waals surface area contributed by atoms with E-state index in [9.17, 15) is 19.7 Å². The van der Waals surface area contributed by atoms with Gasteiger partial charge in [0, 0.05) is 42.2 Å². The molecule has 2 aromatic rings. The first-order chi connectivity index (χ1) is 13.4. The summed E-state index contributed by atoms with van der Waals surface area (Å²) in [5, 5.41) is 17.7. The number of thiophene rings is 1. The van der Waals surface area contributed by atoms with Gasteiger partial charge in [0.15, 0.2) is 0 Å². The Hall–Kier alpha value is -2.71. The molecular formula is C19H18ClN3O4S. The fourth-order valence-corrected chi connectivity index (χ4v) is 3.78. The van der Waals surface area contributed by atoms with Gasteiger partial charge in [0.05, 0.1) is 4.92 Å². The highest BCUT2D eigenvalue weighted by molar-refractivity contribution is 7.08. The standard InChI is InChI=1S/C19H18ClN3O4S/c20-16-3-1-13(11-17(16)23(26)27)2-4-18(24)22-8-5-15(6-9-22)21-19(25)14-7-10-28-12-14/h1-4,7,10-12,15H,5-6,8-9H2,(H,21,25)/b4-2+. The number of nitro benzene ring substituents is 1. The summed E-state index contributed by atoms with van der Waals surface area (Å²) in [6.07, 6.45) is 4.30. The lowest BCUT2D eigenvalue weighted by atomic mass is 10.0. The van der Waals surface area contributed by atoms with E-state index in [2.05, 4.69) is 5.32 Å². The number of likely N-dealkylation sites (tertiary alicyclic amines) is 1. The minimum absolute atomic E-state index is 0.0411. The van der Waals surface area contributed by atoms with Crippen molar-refractivity contribution >= 4 is 46.5 Å². The van der Waals surface area contributed by atoms with Gasteiger partial charge in [0.25, 0.3) is 11.6 Å². The molecule has 1 aromatic heterocycles. The maximum atomic E-state index is 12.4. The number of carbonyl (C=O) groups is 2. The van der Waals surface area contributed by atoms with Crippen molar-refractivity contribution in [2.45, 2.75) is 18.9 Å². The van der Waals surface area contributed by atoms with Crippen LogP contribution in [0.4, 0.5) is 5.69 Å². The van der Waals surface area contributed by atoms with Gasteiger partial charge < -0.3 is 10.2 Å². The number of hydrogen-bond donors (Lipinski definition) is 1. The summed E-state index contributed by atoms with van der Waals surface area (Å²) < 4.78 is 0. The number of nitrogens with zero attached hydrogens (tertiary/aromatic N) is 2. The van der Waals surface area contributed by atoms with Crippen molar-refractivity contribution in [3.63, 3.8) is 0 Å². The number of nitro groups is 1. The number of piperidine rings is 1. The van der Waals surface area contributed by atoms with Gasteiger partial charge in [-0.2, -0.15) is 11.3 Å². The summed E-state index contributed by atoms with van der Waals surface area (Å²) in [5.41, 5.74) is 0.990. The molecule has 9 heteroatoms. The second-order valence-corrected chi connectivity index (χ2v) is 7.57. The van der Waals surface area contributed by atoms with Crippen molar-refractivity contribution in [1.82, 2.24) is 10.2 Å². The third-order valence-electron chi connectivity index (χ3n) is 4.51. The Labute approximate surface area is 170 Å². The lowest BCUT2D eigenvalue weighted by Crippen LogP contribution is -2.46. The molecule has 146 valence electrons. The Morgan fingerprint density at radius 2 is 2.04 bits per heavy atom. The fourth-order valence-electron chi connectivity index (χ4n) is 2.95. The van der Waals surface area contributed by atoms with Gasteiger partial charge in [-0.1, -0.05) is 17.7 Å². The molecule has 2 heterocycles. The Morgan fingerprint density at radius 3 is 2.68 bits per heavy atom. The number of halogens is 1. The van der Waals surface area contributed by atoms with Crippen molar-refractivity contribution in [3.8, 4) is 0 Å². The first-order valence-corrected chi connectivity index (χ1v) is 10.00. The zero-order valence-corrected chi connectivity index (χ0v) is 16.4. The van der Waals surface area contributed by atoms with Gasteiger partial charge in [0.1, 0.15) is 5.02 Å². The first kappa shape index (κ1) is 20.0. The molecule has 0 atom stereocenters. The zero-order chi connectivity index (χ0) is 20.1. The monoisotopic (exact) mass is 419 g/mol. The fraction of sp³-hybridized carbons (Fsp3) is 0.263. The first-order valence-electron chi connectivity index (χ1n) is 8.68. The molecule has 1 aromatic carbocycles. The molecule has 2 amide bonds. The molecule has 1 N–H and O–H groups in total. The van der Waals surface area contributed by atoms with Crippen molar-refractivity contribution in [2.24, 2.45) is 0 Å². The molecule has 1 aliphatic heterocycles. The molecule has 0 unspecified atom stereocenters. The molecule has 3 rings (SSSR count). The SMILES string of the molecule is O=C(NC1CCN(C(=O)/C=C/c2ccc(Cl)c([N+](=O)[O-])c2)CC1)c1ccsc1. The second-order valence-electron chi connectivity index (χ2n) is 6.39. The Balaban J connectivity index is 1.52. The van der Waals surface area contributed by atoms with Gasteiger partial charge in [-0.25, -0.2) is 0 Å². The molecule has 0 saturated carbocycles. The van der Waals surface area contributed by atoms with E-state index in [1.54, 1.807) is 22.4 Å². The molecule has 0 spiro atoms. The van der Waals surface area contributed by atoms with Crippen LogP contribution in [0.15, 0.2) is 41.1 Å². The Bertz CT molecular complexity index is 906. The van der Waals surface area contributed by atoms with Gasteiger partial charge in [0.2, 0.25) is 5.91 Å². The van der Waals surface area contributed by atoms with E-state index < -0.39 is 4.92 Å². The third-order valence-corrected chi connectivity index (χ3v) is 5.51. The minimum atomic E-state index is -0.559. The summed E-state index contributed by atoms with van der Waals surface area (Å²) in [4.78, 5) is 36.5. The number of rotatable bonds is 5. The number of hydrogen-bond acceptors (Lipinski definition) is 5. The van der Waals surface area contributed by atoms with Crippen molar-refractivity contribution in [1.29, 1.82) is 0 Å². The number of carbonyl (C=O) groups excluding carboxylic acids is 2. The van der Waals surface area contributed by atoms with E-state index in [1.807, 2.05) is 5.38 Å². The Kier molecular flexibility index (Phi) is 6.43. The van der Waals surface area contributed by atoms with Gasteiger partial charge in [-0.05, 0) is 42.0 Å². The summed E-state index contributed by atoms with van der Waals surface area (Å²) in [6.45, 7) is 1.08. The van der Waals surface area contributed by atoms with E-state index in [0.717, 1.165) is 0 Å². The molecule has 1 saturated heterocycles. The maximum Gasteiger partial charge on any atom is 0.288 e. The van der Waals surface area contributed by atoms with Crippen molar-refractivity contribution in [3.05, 3.63) is 67.4 Å². The number of nitrogens with one attached hydrogen (secondary N) is 1. The van der Waals surface area contributed by atoms with Crippen LogP contribution < -0.4 is 5.32 Å². The number of amides is 2. The highest BCUT2D eigenvalue weighted by atomic mass is 35.5. The van der Waals surface area contributed by atoms with Crippen LogP contribution in [-0.4, -0.2) is 40.8 Å². The van der Waals surface area contributed by atoms with Crippen LogP contribution in [0.2, 0.25) is 5.02 Å². The molecule has 0 radical (unpaired) electrons. The summed E-state index contributed by atoms with van der Waals surface area (Å²) in [7, 11) is 0. The van der Waals surface area contributed by atoms with Gasteiger partial charge in [-0.15, -0.1) is 0 Å². The van der Waals surface area contributed by atoms with Gasteiger partial charge in [-0.3, -0.25) is 19.7 Å². The third kappa shape index (κ3) is 4.96. The molecule has 28 heavy (non-hydrogen) atoms. The highest BCUT2D eigenvalue weighted by Gasteiger charge is 2.23.